The second-order valence-corrected chi connectivity index (χ2v) is 7.29. The minimum Gasteiger partial charge on any atom is -0.364 e. The van der Waals surface area contributed by atoms with E-state index in [1.165, 1.54) is 0 Å². The molecule has 1 aliphatic rings. The lowest BCUT2D eigenvalue weighted by molar-refractivity contribution is 0.169. The molecule has 0 radical (unpaired) electrons. The SMILES string of the molecule is CCNC(=NCCCc1nc(C(C)C)no1)N1CCN(Cc2ccon2)CC1. The summed E-state index contributed by atoms with van der Waals surface area (Å²) in [6, 6.07) is 1.92. The molecule has 0 saturated carbocycles. The Balaban J connectivity index is 1.44. The second kappa shape index (κ2) is 10.2. The van der Waals surface area contributed by atoms with E-state index in [9.17, 15) is 0 Å². The van der Waals surface area contributed by atoms with Crippen molar-refractivity contribution in [2.24, 2.45) is 4.99 Å². The van der Waals surface area contributed by atoms with Crippen molar-refractivity contribution in [2.75, 3.05) is 39.3 Å². The minimum atomic E-state index is 0.291. The number of guanidine groups is 1. The van der Waals surface area contributed by atoms with E-state index in [-0.39, 0.29) is 0 Å². The molecule has 9 heteroatoms. The molecule has 28 heavy (non-hydrogen) atoms. The first-order valence-corrected chi connectivity index (χ1v) is 10.1. The quantitative estimate of drug-likeness (QED) is 0.415. The number of aromatic nitrogens is 3. The van der Waals surface area contributed by atoms with Crippen molar-refractivity contribution in [2.45, 2.75) is 46.1 Å². The van der Waals surface area contributed by atoms with Crippen molar-refractivity contribution in [1.82, 2.24) is 30.4 Å². The minimum absolute atomic E-state index is 0.291. The Hall–Kier alpha value is -2.42. The summed E-state index contributed by atoms with van der Waals surface area (Å²) in [4.78, 5) is 13.9. The molecule has 9 nitrogen and oxygen atoms in total. The summed E-state index contributed by atoms with van der Waals surface area (Å²) in [5, 5.41) is 11.4. The van der Waals surface area contributed by atoms with Crippen LogP contribution in [0.15, 0.2) is 26.4 Å². The Labute approximate surface area is 166 Å². The van der Waals surface area contributed by atoms with Crippen LogP contribution >= 0.6 is 0 Å². The third kappa shape index (κ3) is 5.79. The highest BCUT2D eigenvalue weighted by atomic mass is 16.5. The van der Waals surface area contributed by atoms with E-state index in [0.29, 0.717) is 11.8 Å². The van der Waals surface area contributed by atoms with E-state index >= 15 is 0 Å². The van der Waals surface area contributed by atoms with Gasteiger partial charge in [-0.15, -0.1) is 0 Å². The fourth-order valence-electron chi connectivity index (χ4n) is 3.11. The summed E-state index contributed by atoms with van der Waals surface area (Å²) >= 11 is 0. The third-order valence-electron chi connectivity index (χ3n) is 4.69. The largest absolute Gasteiger partial charge is 0.364 e. The first kappa shape index (κ1) is 20.3. The molecule has 1 fully saturated rings. The van der Waals surface area contributed by atoms with Gasteiger partial charge in [0.2, 0.25) is 5.89 Å². The number of piperazine rings is 1. The fraction of sp³-hybridized carbons (Fsp3) is 0.684. The molecule has 1 N–H and O–H groups in total. The third-order valence-corrected chi connectivity index (χ3v) is 4.69. The molecule has 0 aromatic carbocycles. The van der Waals surface area contributed by atoms with Gasteiger partial charge < -0.3 is 19.3 Å². The molecule has 154 valence electrons. The molecule has 1 aliphatic heterocycles. The number of rotatable bonds is 8. The van der Waals surface area contributed by atoms with Gasteiger partial charge in [0.1, 0.15) is 6.26 Å². The first-order chi connectivity index (χ1) is 13.7. The van der Waals surface area contributed by atoms with Gasteiger partial charge in [0.15, 0.2) is 11.8 Å². The Morgan fingerprint density at radius 2 is 2.07 bits per heavy atom. The molecule has 0 atom stereocenters. The van der Waals surface area contributed by atoms with Crippen LogP contribution in [0.25, 0.3) is 0 Å². The van der Waals surface area contributed by atoms with E-state index in [1.807, 2.05) is 6.07 Å². The summed E-state index contributed by atoms with van der Waals surface area (Å²) in [7, 11) is 0. The summed E-state index contributed by atoms with van der Waals surface area (Å²) in [5.41, 5.74) is 0.982. The highest BCUT2D eigenvalue weighted by Crippen LogP contribution is 2.11. The molecule has 3 heterocycles. The zero-order valence-corrected chi connectivity index (χ0v) is 17.1. The van der Waals surface area contributed by atoms with Gasteiger partial charge in [-0.3, -0.25) is 9.89 Å². The first-order valence-electron chi connectivity index (χ1n) is 10.1. The number of aliphatic imine (C=N–C) groups is 1. The summed E-state index contributed by atoms with van der Waals surface area (Å²) in [6.07, 6.45) is 3.27. The van der Waals surface area contributed by atoms with Gasteiger partial charge in [0, 0.05) is 64.2 Å². The van der Waals surface area contributed by atoms with E-state index in [2.05, 4.69) is 51.2 Å². The van der Waals surface area contributed by atoms with Crippen molar-refractivity contribution in [3.8, 4) is 0 Å². The highest BCUT2D eigenvalue weighted by Gasteiger charge is 2.20. The summed E-state index contributed by atoms with van der Waals surface area (Å²) < 4.78 is 10.2. The number of nitrogens with one attached hydrogen (secondary N) is 1. The van der Waals surface area contributed by atoms with Gasteiger partial charge in [-0.05, 0) is 13.3 Å². The predicted octanol–water partition coefficient (Wildman–Crippen LogP) is 1.90. The number of hydrogen-bond acceptors (Lipinski definition) is 7. The van der Waals surface area contributed by atoms with Crippen LogP contribution < -0.4 is 5.32 Å². The van der Waals surface area contributed by atoms with Crippen molar-refractivity contribution in [3.05, 3.63) is 29.7 Å². The van der Waals surface area contributed by atoms with Crippen LogP contribution in [0.2, 0.25) is 0 Å². The van der Waals surface area contributed by atoms with E-state index in [0.717, 1.165) is 76.1 Å². The van der Waals surface area contributed by atoms with Crippen molar-refractivity contribution in [3.63, 3.8) is 0 Å². The second-order valence-electron chi connectivity index (χ2n) is 7.29. The van der Waals surface area contributed by atoms with Crippen LogP contribution in [0.3, 0.4) is 0 Å². The Bertz CT molecular complexity index is 718. The van der Waals surface area contributed by atoms with Crippen LogP contribution in [0.5, 0.6) is 0 Å². The van der Waals surface area contributed by atoms with Crippen LogP contribution in [0, 0.1) is 0 Å². The number of hydrogen-bond donors (Lipinski definition) is 1. The van der Waals surface area contributed by atoms with E-state index in [1.54, 1.807) is 6.26 Å². The predicted molar refractivity (Wildman–Crippen MR) is 106 cm³/mol. The zero-order chi connectivity index (χ0) is 19.8. The molecule has 0 aliphatic carbocycles. The highest BCUT2D eigenvalue weighted by molar-refractivity contribution is 5.80. The molecular formula is C19H31N7O2. The Morgan fingerprint density at radius 1 is 1.25 bits per heavy atom. The van der Waals surface area contributed by atoms with Crippen molar-refractivity contribution >= 4 is 5.96 Å². The van der Waals surface area contributed by atoms with Crippen LogP contribution in [0.1, 0.15) is 50.5 Å². The molecule has 2 aromatic rings. The van der Waals surface area contributed by atoms with Gasteiger partial charge in [-0.2, -0.15) is 4.98 Å². The maximum Gasteiger partial charge on any atom is 0.226 e. The van der Waals surface area contributed by atoms with Crippen LogP contribution in [0.4, 0.5) is 0 Å². The Morgan fingerprint density at radius 3 is 2.71 bits per heavy atom. The van der Waals surface area contributed by atoms with Crippen LogP contribution in [-0.2, 0) is 13.0 Å². The molecule has 3 rings (SSSR count). The molecule has 0 unspecified atom stereocenters. The molecule has 0 amide bonds. The maximum absolute atomic E-state index is 5.30. The zero-order valence-electron chi connectivity index (χ0n) is 17.1. The van der Waals surface area contributed by atoms with Gasteiger partial charge >= 0.3 is 0 Å². The average molecular weight is 390 g/mol. The Kier molecular flexibility index (Phi) is 7.41. The topological polar surface area (TPSA) is 95.8 Å². The monoisotopic (exact) mass is 389 g/mol. The lowest BCUT2D eigenvalue weighted by Gasteiger charge is -2.36. The van der Waals surface area contributed by atoms with E-state index in [4.69, 9.17) is 14.0 Å². The van der Waals surface area contributed by atoms with Crippen molar-refractivity contribution in [1.29, 1.82) is 0 Å². The van der Waals surface area contributed by atoms with Crippen molar-refractivity contribution < 1.29 is 9.05 Å². The standard InChI is InChI=1S/C19H31N7O2/c1-4-20-19(21-8-5-6-17-22-18(15(2)3)24-28-17)26-11-9-25(10-12-26)14-16-7-13-27-23-16/h7,13,15H,4-6,8-12,14H2,1-3H3,(H,20,21). The fourth-order valence-corrected chi connectivity index (χ4v) is 3.11. The maximum atomic E-state index is 5.30. The molecular weight excluding hydrogens is 358 g/mol. The molecule has 0 bridgehead atoms. The summed E-state index contributed by atoms with van der Waals surface area (Å²) in [5.74, 6) is 2.75. The summed E-state index contributed by atoms with van der Waals surface area (Å²) in [6.45, 7) is 12.5. The number of aryl methyl sites for hydroxylation is 1. The molecule has 0 spiro atoms. The van der Waals surface area contributed by atoms with E-state index < -0.39 is 0 Å². The average Bonchev–Trinajstić information content (AvgIpc) is 3.37. The molecule has 2 aromatic heterocycles. The van der Waals surface area contributed by atoms with Gasteiger partial charge in [-0.1, -0.05) is 24.2 Å². The van der Waals surface area contributed by atoms with Crippen LogP contribution in [-0.4, -0.2) is 70.3 Å². The van der Waals surface area contributed by atoms with Gasteiger partial charge in [0.05, 0.1) is 5.69 Å². The lowest BCUT2D eigenvalue weighted by atomic mass is 10.2. The number of nitrogens with zero attached hydrogens (tertiary/aromatic N) is 6. The molecule has 1 saturated heterocycles. The van der Waals surface area contributed by atoms with Gasteiger partial charge in [-0.25, -0.2) is 0 Å². The normalized spacial score (nSPS) is 16.1. The smallest absolute Gasteiger partial charge is 0.226 e. The lowest BCUT2D eigenvalue weighted by Crippen LogP contribution is -2.52. The van der Waals surface area contributed by atoms with Gasteiger partial charge in [0.25, 0.3) is 0 Å².